The molecule has 4 nitrogen and oxygen atoms in total. The van der Waals surface area contributed by atoms with Crippen molar-refractivity contribution in [1.82, 2.24) is 9.88 Å². The fourth-order valence-electron chi connectivity index (χ4n) is 2.21. The van der Waals surface area contributed by atoms with Crippen molar-refractivity contribution in [3.8, 4) is 0 Å². The van der Waals surface area contributed by atoms with Crippen LogP contribution in [0.25, 0.3) is 0 Å². The van der Waals surface area contributed by atoms with Gasteiger partial charge in [0.2, 0.25) is 0 Å². The van der Waals surface area contributed by atoms with E-state index in [2.05, 4.69) is 5.32 Å². The standard InChI is InChI=1S/C17H19FN2O2/c1-13-5-4-6-16(21)20(13)12-3-2-11-19-17(22)14-7-9-15(18)10-8-14/h4-10H,2-3,11-12H2,1H3,(H,19,22). The van der Waals surface area contributed by atoms with Gasteiger partial charge in [0.15, 0.2) is 0 Å². The predicted molar refractivity (Wildman–Crippen MR) is 83.4 cm³/mol. The number of aryl methyl sites for hydroxylation is 1. The molecule has 1 aromatic heterocycles. The van der Waals surface area contributed by atoms with E-state index in [1.807, 2.05) is 13.0 Å². The number of benzene rings is 1. The summed E-state index contributed by atoms with van der Waals surface area (Å²) < 4.78 is 14.5. The van der Waals surface area contributed by atoms with E-state index in [0.29, 0.717) is 18.7 Å². The number of hydrogen-bond acceptors (Lipinski definition) is 2. The van der Waals surface area contributed by atoms with Gasteiger partial charge in [0, 0.05) is 30.4 Å². The number of carbonyl (C=O) groups is 1. The van der Waals surface area contributed by atoms with Crippen molar-refractivity contribution in [3.63, 3.8) is 0 Å². The topological polar surface area (TPSA) is 51.1 Å². The molecule has 0 spiro atoms. The van der Waals surface area contributed by atoms with Crippen molar-refractivity contribution in [2.45, 2.75) is 26.3 Å². The number of amides is 1. The van der Waals surface area contributed by atoms with Gasteiger partial charge in [0.1, 0.15) is 5.82 Å². The number of hydrogen-bond donors (Lipinski definition) is 1. The van der Waals surface area contributed by atoms with Gasteiger partial charge in [-0.2, -0.15) is 0 Å². The summed E-state index contributed by atoms with van der Waals surface area (Å²) >= 11 is 0. The average Bonchev–Trinajstić information content (AvgIpc) is 2.50. The molecule has 1 amide bonds. The van der Waals surface area contributed by atoms with Crippen LogP contribution in [-0.4, -0.2) is 17.0 Å². The smallest absolute Gasteiger partial charge is 0.251 e. The van der Waals surface area contributed by atoms with Gasteiger partial charge < -0.3 is 9.88 Å². The minimum atomic E-state index is -0.361. The van der Waals surface area contributed by atoms with Crippen LogP contribution in [0.4, 0.5) is 4.39 Å². The largest absolute Gasteiger partial charge is 0.352 e. The highest BCUT2D eigenvalue weighted by atomic mass is 19.1. The molecule has 0 bridgehead atoms. The first-order valence-electron chi connectivity index (χ1n) is 7.28. The number of carbonyl (C=O) groups excluding carboxylic acids is 1. The van der Waals surface area contributed by atoms with E-state index < -0.39 is 0 Å². The summed E-state index contributed by atoms with van der Waals surface area (Å²) in [6, 6.07) is 10.6. The molecular weight excluding hydrogens is 283 g/mol. The maximum Gasteiger partial charge on any atom is 0.251 e. The van der Waals surface area contributed by atoms with Crippen LogP contribution in [0.15, 0.2) is 47.3 Å². The number of rotatable bonds is 6. The quantitative estimate of drug-likeness (QED) is 0.834. The van der Waals surface area contributed by atoms with Crippen molar-refractivity contribution in [2.75, 3.05) is 6.54 Å². The van der Waals surface area contributed by atoms with Crippen LogP contribution >= 0.6 is 0 Å². The fraction of sp³-hybridized carbons (Fsp3) is 0.294. The van der Waals surface area contributed by atoms with Gasteiger partial charge in [-0.3, -0.25) is 9.59 Å². The Labute approximate surface area is 128 Å². The van der Waals surface area contributed by atoms with Gasteiger partial charge in [-0.25, -0.2) is 4.39 Å². The van der Waals surface area contributed by atoms with Crippen LogP contribution < -0.4 is 10.9 Å². The summed E-state index contributed by atoms with van der Waals surface area (Å²) in [7, 11) is 0. The number of halogens is 1. The normalized spacial score (nSPS) is 10.5. The van der Waals surface area contributed by atoms with E-state index in [1.165, 1.54) is 24.3 Å². The van der Waals surface area contributed by atoms with Gasteiger partial charge >= 0.3 is 0 Å². The van der Waals surface area contributed by atoms with Crippen molar-refractivity contribution in [2.24, 2.45) is 0 Å². The highest BCUT2D eigenvalue weighted by Gasteiger charge is 2.04. The lowest BCUT2D eigenvalue weighted by Crippen LogP contribution is -2.25. The third-order valence-electron chi connectivity index (χ3n) is 3.47. The first kappa shape index (κ1) is 15.9. The molecule has 2 aromatic rings. The molecule has 5 heteroatoms. The summed E-state index contributed by atoms with van der Waals surface area (Å²) in [5, 5.41) is 2.79. The van der Waals surface area contributed by atoms with Crippen molar-refractivity contribution < 1.29 is 9.18 Å². The van der Waals surface area contributed by atoms with Gasteiger partial charge in [-0.05, 0) is 50.1 Å². The lowest BCUT2D eigenvalue weighted by atomic mass is 10.2. The van der Waals surface area contributed by atoms with Crippen molar-refractivity contribution in [1.29, 1.82) is 0 Å². The first-order valence-corrected chi connectivity index (χ1v) is 7.28. The molecule has 0 unspecified atom stereocenters. The van der Waals surface area contributed by atoms with E-state index in [-0.39, 0.29) is 17.3 Å². The van der Waals surface area contributed by atoms with Crippen LogP contribution in [0, 0.1) is 12.7 Å². The molecule has 0 saturated heterocycles. The third kappa shape index (κ3) is 4.28. The van der Waals surface area contributed by atoms with Gasteiger partial charge in [0.25, 0.3) is 11.5 Å². The summed E-state index contributed by atoms with van der Waals surface area (Å²) in [6.07, 6.45) is 1.57. The molecule has 22 heavy (non-hydrogen) atoms. The zero-order chi connectivity index (χ0) is 15.9. The molecule has 0 radical (unpaired) electrons. The van der Waals surface area contributed by atoms with Crippen LogP contribution in [0.1, 0.15) is 28.9 Å². The highest BCUT2D eigenvalue weighted by molar-refractivity contribution is 5.94. The second-order valence-corrected chi connectivity index (χ2v) is 5.13. The third-order valence-corrected chi connectivity index (χ3v) is 3.47. The van der Waals surface area contributed by atoms with Crippen LogP contribution in [0.5, 0.6) is 0 Å². The van der Waals surface area contributed by atoms with Gasteiger partial charge in [-0.15, -0.1) is 0 Å². The lowest BCUT2D eigenvalue weighted by Gasteiger charge is -2.09. The number of unbranched alkanes of at least 4 members (excludes halogenated alkanes) is 1. The molecule has 1 N–H and O–H groups in total. The monoisotopic (exact) mass is 302 g/mol. The Morgan fingerprint density at radius 1 is 1.14 bits per heavy atom. The van der Waals surface area contributed by atoms with Crippen molar-refractivity contribution >= 4 is 5.91 Å². The predicted octanol–water partition coefficient (Wildman–Crippen LogP) is 2.51. The summed E-state index contributed by atoms with van der Waals surface area (Å²) in [4.78, 5) is 23.5. The van der Waals surface area contributed by atoms with Crippen LogP contribution in [0.3, 0.4) is 0 Å². The molecule has 0 fully saturated rings. The second-order valence-electron chi connectivity index (χ2n) is 5.13. The van der Waals surface area contributed by atoms with E-state index >= 15 is 0 Å². The van der Waals surface area contributed by atoms with E-state index in [4.69, 9.17) is 0 Å². The van der Waals surface area contributed by atoms with E-state index in [9.17, 15) is 14.0 Å². The Bertz CT molecular complexity index is 693. The average molecular weight is 302 g/mol. The Kier molecular flexibility index (Phi) is 5.47. The second kappa shape index (κ2) is 7.54. The number of aromatic nitrogens is 1. The van der Waals surface area contributed by atoms with E-state index in [0.717, 1.165) is 18.5 Å². The lowest BCUT2D eigenvalue weighted by molar-refractivity contribution is 0.0953. The molecule has 2 rings (SSSR count). The molecule has 0 aliphatic carbocycles. The summed E-state index contributed by atoms with van der Waals surface area (Å²) in [5.41, 5.74) is 1.37. The first-order chi connectivity index (χ1) is 10.6. The Morgan fingerprint density at radius 2 is 1.86 bits per heavy atom. The zero-order valence-corrected chi connectivity index (χ0v) is 12.5. The Hall–Kier alpha value is -2.43. The molecule has 0 aliphatic heterocycles. The van der Waals surface area contributed by atoms with E-state index in [1.54, 1.807) is 16.7 Å². The van der Waals surface area contributed by atoms with Crippen LogP contribution in [0.2, 0.25) is 0 Å². The molecule has 116 valence electrons. The number of nitrogens with one attached hydrogen (secondary N) is 1. The molecule has 1 heterocycles. The SMILES string of the molecule is Cc1cccc(=O)n1CCCCNC(=O)c1ccc(F)cc1. The summed E-state index contributed by atoms with van der Waals surface area (Å²) in [6.45, 7) is 3.06. The van der Waals surface area contributed by atoms with Crippen molar-refractivity contribution in [3.05, 3.63) is 69.9 Å². The minimum Gasteiger partial charge on any atom is -0.352 e. The van der Waals surface area contributed by atoms with Crippen LogP contribution in [-0.2, 0) is 6.54 Å². The molecule has 0 atom stereocenters. The maximum atomic E-state index is 12.8. The number of pyridine rings is 1. The Balaban J connectivity index is 1.74. The molecule has 1 aromatic carbocycles. The fourth-order valence-corrected chi connectivity index (χ4v) is 2.21. The highest BCUT2D eigenvalue weighted by Crippen LogP contribution is 2.03. The van der Waals surface area contributed by atoms with Gasteiger partial charge in [-0.1, -0.05) is 6.07 Å². The molecule has 0 aliphatic rings. The molecule has 0 saturated carbocycles. The molecular formula is C17H19FN2O2. The number of nitrogens with zero attached hydrogens (tertiary/aromatic N) is 1. The minimum absolute atomic E-state index is 0.00431. The Morgan fingerprint density at radius 3 is 2.55 bits per heavy atom. The summed E-state index contributed by atoms with van der Waals surface area (Å²) in [5.74, 6) is -0.576. The van der Waals surface area contributed by atoms with Gasteiger partial charge in [0.05, 0.1) is 0 Å². The maximum absolute atomic E-state index is 12.8. The zero-order valence-electron chi connectivity index (χ0n) is 12.5.